The highest BCUT2D eigenvalue weighted by Gasteiger charge is 2.22. The first-order valence-electron chi connectivity index (χ1n) is 19.6. The quantitative estimate of drug-likeness (QED) is 0.0287. The number of hydrogen-bond acceptors (Lipinski definition) is 6. The normalized spacial score (nSPS) is 12.7. The predicted molar refractivity (Wildman–Crippen MR) is 198 cm³/mol. The van der Waals surface area contributed by atoms with Gasteiger partial charge in [0.25, 0.3) is 0 Å². The molecule has 0 radical (unpaired) electrons. The lowest BCUT2D eigenvalue weighted by Crippen LogP contribution is -2.29. The summed E-state index contributed by atoms with van der Waals surface area (Å²) in [5.41, 5.74) is 0. The van der Waals surface area contributed by atoms with Crippen LogP contribution in [0.5, 0.6) is 0 Å². The van der Waals surface area contributed by atoms with Crippen LogP contribution >= 0.6 is 7.82 Å². The van der Waals surface area contributed by atoms with Crippen LogP contribution in [-0.4, -0.2) is 41.0 Å². The summed E-state index contributed by atoms with van der Waals surface area (Å²) in [5.74, 6) is -0.947. The molecule has 0 fully saturated rings. The first-order valence-corrected chi connectivity index (χ1v) is 21.2. The number of ether oxygens (including phenoxy) is 2. The molecule has 0 aromatic carbocycles. The van der Waals surface area contributed by atoms with E-state index in [2.05, 4.69) is 36.6 Å². The van der Waals surface area contributed by atoms with Crippen LogP contribution in [0, 0.1) is 0 Å². The van der Waals surface area contributed by atoms with Gasteiger partial charge in [-0.3, -0.25) is 14.1 Å². The summed E-state index contributed by atoms with van der Waals surface area (Å²) in [7, 11) is -4.76. The molecule has 0 bridgehead atoms. The van der Waals surface area contributed by atoms with Crippen LogP contribution in [0.25, 0.3) is 0 Å². The number of carbonyl (C=O) groups excluding carboxylic acids is 2. The lowest BCUT2D eigenvalue weighted by atomic mass is 10.1. The SMILES string of the molecule is CCCCCCCC/C=C/CCCCCCCC(=O)OC[C@H](COP(=O)(O)O)OC(=O)CC/C=C/CCCCCCCCCCCCC. The molecule has 0 unspecified atom stereocenters. The molecule has 8 nitrogen and oxygen atoms in total. The van der Waals surface area contributed by atoms with E-state index < -0.39 is 32.5 Å². The maximum absolute atomic E-state index is 12.3. The monoisotopic (exact) mass is 701 g/mol. The molecule has 0 saturated carbocycles. The van der Waals surface area contributed by atoms with Gasteiger partial charge in [0.2, 0.25) is 0 Å². The Bertz CT molecular complexity index is 838. The third-order valence-corrected chi connectivity index (χ3v) is 8.94. The molecular formula is C39H73O8P. The van der Waals surface area contributed by atoms with Crippen molar-refractivity contribution >= 4 is 19.8 Å². The van der Waals surface area contributed by atoms with Gasteiger partial charge in [-0.2, -0.15) is 0 Å². The van der Waals surface area contributed by atoms with Crippen molar-refractivity contribution in [1.29, 1.82) is 0 Å². The maximum atomic E-state index is 12.3. The fourth-order valence-electron chi connectivity index (χ4n) is 5.50. The van der Waals surface area contributed by atoms with Crippen molar-refractivity contribution in [2.24, 2.45) is 0 Å². The predicted octanol–water partition coefficient (Wildman–Crippen LogP) is 11.6. The summed E-state index contributed by atoms with van der Waals surface area (Å²) in [4.78, 5) is 42.7. The van der Waals surface area contributed by atoms with Gasteiger partial charge in [-0.1, -0.05) is 154 Å². The Hall–Kier alpha value is -1.47. The van der Waals surface area contributed by atoms with Gasteiger partial charge in [-0.25, -0.2) is 4.57 Å². The molecular weight excluding hydrogens is 627 g/mol. The Morgan fingerprint density at radius 3 is 1.35 bits per heavy atom. The summed E-state index contributed by atoms with van der Waals surface area (Å²) < 4.78 is 26.3. The standard InChI is InChI=1S/C39H73O8P/c1-3-5-7-9-11-13-15-17-19-21-23-25-27-29-31-33-38(40)45-35-37(36-46-48(42,43)44)47-39(41)34-32-30-28-26-24-22-20-18-16-14-12-10-8-6-4-2/h17,19,28,30,37H,3-16,18,20-27,29,31-36H2,1-2H3,(H2,42,43,44)/b19-17+,30-28+/t37-/m1/s1. The van der Waals surface area contributed by atoms with E-state index in [4.69, 9.17) is 19.3 Å². The van der Waals surface area contributed by atoms with E-state index in [1.807, 2.05) is 6.08 Å². The zero-order valence-corrected chi connectivity index (χ0v) is 31.8. The van der Waals surface area contributed by atoms with Gasteiger partial charge in [-0.05, 0) is 51.4 Å². The number of hydrogen-bond donors (Lipinski definition) is 2. The van der Waals surface area contributed by atoms with Crippen molar-refractivity contribution in [3.05, 3.63) is 24.3 Å². The molecule has 0 heterocycles. The number of phosphoric acid groups is 1. The second kappa shape index (κ2) is 35.4. The van der Waals surface area contributed by atoms with Crippen LogP contribution in [-0.2, 0) is 28.2 Å². The molecule has 0 aliphatic heterocycles. The second-order valence-corrected chi connectivity index (χ2v) is 14.5. The molecule has 48 heavy (non-hydrogen) atoms. The fraction of sp³-hybridized carbons (Fsp3) is 0.846. The van der Waals surface area contributed by atoms with Gasteiger partial charge in [-0.15, -0.1) is 0 Å². The number of esters is 2. The van der Waals surface area contributed by atoms with Crippen LogP contribution in [0.4, 0.5) is 0 Å². The number of unbranched alkanes of at least 4 members (excludes halogenated alkanes) is 22. The Morgan fingerprint density at radius 2 is 0.917 bits per heavy atom. The minimum atomic E-state index is -4.76. The van der Waals surface area contributed by atoms with Gasteiger partial charge >= 0.3 is 19.8 Å². The van der Waals surface area contributed by atoms with Gasteiger partial charge in [0.1, 0.15) is 6.61 Å². The van der Waals surface area contributed by atoms with Crippen LogP contribution < -0.4 is 0 Å². The molecule has 2 N–H and O–H groups in total. The van der Waals surface area contributed by atoms with Crippen molar-refractivity contribution < 1.29 is 37.9 Å². The molecule has 0 aliphatic carbocycles. The molecule has 1 atom stereocenters. The maximum Gasteiger partial charge on any atom is 0.469 e. The second-order valence-electron chi connectivity index (χ2n) is 13.2. The van der Waals surface area contributed by atoms with E-state index in [1.54, 1.807) is 0 Å². The van der Waals surface area contributed by atoms with E-state index in [1.165, 1.54) is 109 Å². The van der Waals surface area contributed by atoms with Crippen molar-refractivity contribution in [1.82, 2.24) is 0 Å². The number of rotatable bonds is 36. The van der Waals surface area contributed by atoms with Gasteiger partial charge in [0, 0.05) is 12.8 Å². The van der Waals surface area contributed by atoms with Crippen molar-refractivity contribution in [3.8, 4) is 0 Å². The molecule has 0 aromatic heterocycles. The van der Waals surface area contributed by atoms with Crippen LogP contribution in [0.2, 0.25) is 0 Å². The highest BCUT2D eigenvalue weighted by Crippen LogP contribution is 2.36. The van der Waals surface area contributed by atoms with Crippen molar-refractivity contribution in [2.75, 3.05) is 13.2 Å². The molecule has 0 saturated heterocycles. The third kappa shape index (κ3) is 37.4. The first kappa shape index (κ1) is 46.5. The highest BCUT2D eigenvalue weighted by atomic mass is 31.2. The van der Waals surface area contributed by atoms with Crippen LogP contribution in [0.15, 0.2) is 24.3 Å². The van der Waals surface area contributed by atoms with Gasteiger partial charge in [0.15, 0.2) is 6.10 Å². The summed E-state index contributed by atoms with van der Waals surface area (Å²) in [6.45, 7) is 3.64. The number of allylic oxidation sites excluding steroid dienone is 4. The van der Waals surface area contributed by atoms with Crippen LogP contribution in [0.3, 0.4) is 0 Å². The number of carbonyl (C=O) groups is 2. The Labute approximate surface area is 294 Å². The van der Waals surface area contributed by atoms with E-state index in [0.29, 0.717) is 12.8 Å². The molecule has 9 heteroatoms. The molecule has 0 amide bonds. The fourth-order valence-corrected chi connectivity index (χ4v) is 5.86. The van der Waals surface area contributed by atoms with Gasteiger partial charge < -0.3 is 19.3 Å². The van der Waals surface area contributed by atoms with Gasteiger partial charge in [0.05, 0.1) is 6.61 Å². The first-order chi connectivity index (χ1) is 23.3. The largest absolute Gasteiger partial charge is 0.469 e. The third-order valence-electron chi connectivity index (χ3n) is 8.46. The molecule has 0 aliphatic rings. The average Bonchev–Trinajstić information content (AvgIpc) is 3.05. The smallest absolute Gasteiger partial charge is 0.462 e. The summed E-state index contributed by atoms with van der Waals surface area (Å²) >= 11 is 0. The highest BCUT2D eigenvalue weighted by molar-refractivity contribution is 7.46. The Kier molecular flexibility index (Phi) is 34.3. The molecule has 0 aromatic rings. The minimum Gasteiger partial charge on any atom is -0.462 e. The zero-order chi connectivity index (χ0) is 35.4. The summed E-state index contributed by atoms with van der Waals surface area (Å²) in [5, 5.41) is 0. The number of phosphoric ester groups is 1. The zero-order valence-electron chi connectivity index (χ0n) is 30.9. The van der Waals surface area contributed by atoms with Crippen molar-refractivity contribution in [2.45, 2.75) is 200 Å². The molecule has 0 rings (SSSR count). The molecule has 282 valence electrons. The van der Waals surface area contributed by atoms with E-state index in [0.717, 1.165) is 44.9 Å². The topological polar surface area (TPSA) is 119 Å². The Balaban J connectivity index is 3.99. The summed E-state index contributed by atoms with van der Waals surface area (Å²) in [6.07, 6.45) is 39.1. The van der Waals surface area contributed by atoms with Crippen LogP contribution in [0.1, 0.15) is 194 Å². The molecule has 0 spiro atoms. The summed E-state index contributed by atoms with van der Waals surface area (Å²) in [6, 6.07) is 0. The minimum absolute atomic E-state index is 0.129. The van der Waals surface area contributed by atoms with E-state index in [9.17, 15) is 14.2 Å². The average molecular weight is 701 g/mol. The van der Waals surface area contributed by atoms with E-state index >= 15 is 0 Å². The lowest BCUT2D eigenvalue weighted by Gasteiger charge is -2.18. The van der Waals surface area contributed by atoms with E-state index in [-0.39, 0.29) is 19.4 Å². The lowest BCUT2D eigenvalue weighted by molar-refractivity contribution is -0.161. The van der Waals surface area contributed by atoms with Crippen molar-refractivity contribution in [3.63, 3.8) is 0 Å². The Morgan fingerprint density at radius 1 is 0.521 bits per heavy atom.